The summed E-state index contributed by atoms with van der Waals surface area (Å²) < 4.78 is 5.28. The molecule has 4 N–H and O–H groups in total. The number of alkyl carbamates (subject to hydrolysis) is 1. The number of rotatable bonds is 5. The van der Waals surface area contributed by atoms with Gasteiger partial charge in [-0.05, 0) is 53.4 Å². The molecular weight excluding hydrogens is 270 g/mol. The van der Waals surface area contributed by atoms with Crippen molar-refractivity contribution in [3.05, 3.63) is 0 Å². The molecule has 1 rings (SSSR count). The molecule has 0 aliphatic heterocycles. The second-order valence-corrected chi connectivity index (χ2v) is 6.94. The lowest BCUT2D eigenvalue weighted by Crippen LogP contribution is -2.47. The van der Waals surface area contributed by atoms with Gasteiger partial charge in [0.05, 0.1) is 0 Å². The van der Waals surface area contributed by atoms with E-state index in [0.717, 1.165) is 25.7 Å². The molecule has 2 amide bonds. The molecule has 0 aromatic carbocycles. The molecule has 0 heterocycles. The number of nitrogens with one attached hydrogen (secondary N) is 2. The zero-order chi connectivity index (χ0) is 16.0. The van der Waals surface area contributed by atoms with Crippen molar-refractivity contribution in [1.29, 1.82) is 0 Å². The van der Waals surface area contributed by atoms with Crippen LogP contribution in [0.3, 0.4) is 0 Å². The molecule has 0 aromatic heterocycles. The monoisotopic (exact) mass is 299 g/mol. The molecule has 1 aliphatic carbocycles. The maximum absolute atomic E-state index is 11.8. The third-order valence-corrected chi connectivity index (χ3v) is 3.42. The number of carbonyl (C=O) groups is 2. The molecule has 1 fully saturated rings. The summed E-state index contributed by atoms with van der Waals surface area (Å²) in [7, 11) is 0. The zero-order valence-electron chi connectivity index (χ0n) is 13.6. The Balaban J connectivity index is 2.38. The van der Waals surface area contributed by atoms with Crippen LogP contribution in [-0.2, 0) is 9.53 Å². The van der Waals surface area contributed by atoms with Gasteiger partial charge >= 0.3 is 6.09 Å². The zero-order valence-corrected chi connectivity index (χ0v) is 13.6. The van der Waals surface area contributed by atoms with E-state index in [1.54, 1.807) is 0 Å². The van der Waals surface area contributed by atoms with Crippen molar-refractivity contribution < 1.29 is 14.3 Å². The molecule has 0 spiro atoms. The highest BCUT2D eigenvalue weighted by Gasteiger charge is 2.26. The average molecular weight is 299 g/mol. The molecular formula is C15H29N3O3. The third kappa shape index (κ3) is 7.90. The first-order chi connectivity index (χ1) is 9.65. The standard InChI is InChI=1S/C15H29N3O3/c1-10(8-13(16)19)17-11-6-5-7-12(9-11)18-14(20)21-15(2,3)4/h10-12,17H,5-9H2,1-4H3,(H2,16,19)(H,18,20). The van der Waals surface area contributed by atoms with Crippen LogP contribution in [0, 0.1) is 0 Å². The van der Waals surface area contributed by atoms with E-state index in [2.05, 4.69) is 10.6 Å². The molecule has 1 aliphatic rings. The quantitative estimate of drug-likeness (QED) is 0.720. The topological polar surface area (TPSA) is 93.5 Å². The van der Waals surface area contributed by atoms with E-state index >= 15 is 0 Å². The number of carbonyl (C=O) groups excluding carboxylic acids is 2. The van der Waals surface area contributed by atoms with Gasteiger partial charge in [0.25, 0.3) is 0 Å². The van der Waals surface area contributed by atoms with Gasteiger partial charge in [-0.3, -0.25) is 4.79 Å². The highest BCUT2D eigenvalue weighted by Crippen LogP contribution is 2.20. The number of nitrogens with two attached hydrogens (primary N) is 1. The van der Waals surface area contributed by atoms with Crippen molar-refractivity contribution in [1.82, 2.24) is 10.6 Å². The molecule has 1 saturated carbocycles. The summed E-state index contributed by atoms with van der Waals surface area (Å²) in [6.07, 6.45) is 3.88. The Morgan fingerprint density at radius 1 is 1.29 bits per heavy atom. The number of hydrogen-bond acceptors (Lipinski definition) is 4. The Bertz CT molecular complexity index is 366. The third-order valence-electron chi connectivity index (χ3n) is 3.42. The molecule has 0 radical (unpaired) electrons. The Kier molecular flexibility index (Phi) is 6.45. The van der Waals surface area contributed by atoms with Crippen LogP contribution in [0.4, 0.5) is 4.79 Å². The lowest BCUT2D eigenvalue weighted by molar-refractivity contribution is -0.118. The van der Waals surface area contributed by atoms with E-state index in [4.69, 9.17) is 10.5 Å². The van der Waals surface area contributed by atoms with Crippen molar-refractivity contribution in [2.24, 2.45) is 5.73 Å². The fourth-order valence-electron chi connectivity index (χ4n) is 2.71. The smallest absolute Gasteiger partial charge is 0.407 e. The predicted octanol–water partition coefficient (Wildman–Crippen LogP) is 1.68. The molecule has 0 aromatic rings. The van der Waals surface area contributed by atoms with Crippen LogP contribution in [0.2, 0.25) is 0 Å². The van der Waals surface area contributed by atoms with Crippen molar-refractivity contribution in [3.8, 4) is 0 Å². The first-order valence-corrected chi connectivity index (χ1v) is 7.69. The number of amides is 2. The van der Waals surface area contributed by atoms with Crippen LogP contribution in [0.25, 0.3) is 0 Å². The maximum atomic E-state index is 11.8. The van der Waals surface area contributed by atoms with E-state index < -0.39 is 5.60 Å². The summed E-state index contributed by atoms with van der Waals surface area (Å²) in [4.78, 5) is 22.7. The summed E-state index contributed by atoms with van der Waals surface area (Å²) in [6, 6.07) is 0.479. The predicted molar refractivity (Wildman–Crippen MR) is 81.8 cm³/mol. The lowest BCUT2D eigenvalue weighted by Gasteiger charge is -2.32. The van der Waals surface area contributed by atoms with E-state index in [0.29, 0.717) is 12.5 Å². The van der Waals surface area contributed by atoms with Crippen LogP contribution in [0.5, 0.6) is 0 Å². The molecule has 21 heavy (non-hydrogen) atoms. The fraction of sp³-hybridized carbons (Fsp3) is 0.867. The second kappa shape index (κ2) is 7.64. The summed E-state index contributed by atoms with van der Waals surface area (Å²) in [5.74, 6) is -0.297. The van der Waals surface area contributed by atoms with Gasteiger partial charge in [-0.15, -0.1) is 0 Å². The van der Waals surface area contributed by atoms with Gasteiger partial charge in [-0.1, -0.05) is 0 Å². The highest BCUT2D eigenvalue weighted by atomic mass is 16.6. The first kappa shape index (κ1) is 17.8. The number of primary amides is 1. The van der Waals surface area contributed by atoms with E-state index in [9.17, 15) is 9.59 Å². The molecule has 3 unspecified atom stereocenters. The minimum atomic E-state index is -0.480. The van der Waals surface area contributed by atoms with Crippen molar-refractivity contribution >= 4 is 12.0 Å². The first-order valence-electron chi connectivity index (χ1n) is 7.69. The van der Waals surface area contributed by atoms with E-state index in [1.807, 2.05) is 27.7 Å². The number of hydrogen-bond donors (Lipinski definition) is 3. The molecule has 3 atom stereocenters. The molecule has 6 heteroatoms. The second-order valence-electron chi connectivity index (χ2n) is 6.94. The van der Waals surface area contributed by atoms with Crippen molar-refractivity contribution in [2.75, 3.05) is 0 Å². The average Bonchev–Trinajstić information content (AvgIpc) is 2.24. The summed E-state index contributed by atoms with van der Waals surface area (Å²) >= 11 is 0. The molecule has 122 valence electrons. The van der Waals surface area contributed by atoms with Crippen molar-refractivity contribution in [3.63, 3.8) is 0 Å². The van der Waals surface area contributed by atoms with Crippen molar-refractivity contribution in [2.45, 2.75) is 83.5 Å². The minimum absolute atomic E-state index is 0.0628. The van der Waals surface area contributed by atoms with Gasteiger partial charge < -0.3 is 21.1 Å². The SMILES string of the molecule is CC(CC(N)=O)NC1CCCC(NC(=O)OC(C)(C)C)C1. The maximum Gasteiger partial charge on any atom is 0.407 e. The van der Waals surface area contributed by atoms with Gasteiger partial charge in [0.1, 0.15) is 5.60 Å². The van der Waals surface area contributed by atoms with Gasteiger partial charge in [0.15, 0.2) is 0 Å². The number of ether oxygens (including phenoxy) is 1. The Morgan fingerprint density at radius 3 is 2.48 bits per heavy atom. The largest absolute Gasteiger partial charge is 0.444 e. The molecule has 0 bridgehead atoms. The van der Waals surface area contributed by atoms with Crippen LogP contribution in [-0.4, -0.2) is 35.7 Å². The Labute approximate surface area is 127 Å². The summed E-state index contributed by atoms with van der Waals surface area (Å²) in [5, 5.41) is 6.34. The van der Waals surface area contributed by atoms with Crippen LogP contribution < -0.4 is 16.4 Å². The van der Waals surface area contributed by atoms with Gasteiger partial charge in [0, 0.05) is 24.5 Å². The summed E-state index contributed by atoms with van der Waals surface area (Å²) in [6.45, 7) is 7.51. The van der Waals surface area contributed by atoms with Crippen LogP contribution in [0.15, 0.2) is 0 Å². The van der Waals surface area contributed by atoms with Crippen LogP contribution >= 0.6 is 0 Å². The molecule has 6 nitrogen and oxygen atoms in total. The molecule has 0 saturated heterocycles. The Hall–Kier alpha value is -1.30. The normalized spacial score (nSPS) is 24.2. The van der Waals surface area contributed by atoms with E-state index in [1.165, 1.54) is 0 Å². The van der Waals surface area contributed by atoms with Crippen LogP contribution in [0.1, 0.15) is 59.8 Å². The van der Waals surface area contributed by atoms with E-state index in [-0.39, 0.29) is 24.1 Å². The fourth-order valence-corrected chi connectivity index (χ4v) is 2.71. The highest BCUT2D eigenvalue weighted by molar-refractivity contribution is 5.74. The van der Waals surface area contributed by atoms with Gasteiger partial charge in [0.2, 0.25) is 5.91 Å². The Morgan fingerprint density at radius 2 is 1.90 bits per heavy atom. The lowest BCUT2D eigenvalue weighted by atomic mass is 9.90. The van der Waals surface area contributed by atoms with Gasteiger partial charge in [-0.2, -0.15) is 0 Å². The summed E-state index contributed by atoms with van der Waals surface area (Å²) in [5.41, 5.74) is 4.72. The van der Waals surface area contributed by atoms with Gasteiger partial charge in [-0.25, -0.2) is 4.79 Å². The minimum Gasteiger partial charge on any atom is -0.444 e.